The molecule has 0 aliphatic carbocycles. The molecule has 3 aromatic rings. The molecule has 0 unspecified atom stereocenters. The summed E-state index contributed by atoms with van der Waals surface area (Å²) in [6.45, 7) is 2.00. The first kappa shape index (κ1) is 19.1. The predicted molar refractivity (Wildman–Crippen MR) is 104 cm³/mol. The molecule has 0 bridgehead atoms. The number of rotatable bonds is 3. The van der Waals surface area contributed by atoms with Gasteiger partial charge in [-0.25, -0.2) is 4.79 Å². The number of benzene rings is 2. The normalized spacial score (nSPS) is 13.2. The molecule has 1 aliphatic heterocycles. The molecule has 4 rings (SSSR count). The molecule has 1 aliphatic rings. The predicted octanol–water partition coefficient (Wildman–Crippen LogP) is 3.30. The lowest BCUT2D eigenvalue weighted by Gasteiger charge is -2.05. The van der Waals surface area contributed by atoms with Crippen LogP contribution in [0.15, 0.2) is 47.0 Å². The van der Waals surface area contributed by atoms with Crippen molar-refractivity contribution in [2.45, 2.75) is 12.8 Å². The first-order chi connectivity index (χ1) is 12.7. The van der Waals surface area contributed by atoms with E-state index in [9.17, 15) is 4.79 Å². The Morgan fingerprint density at radius 2 is 1.74 bits per heavy atom. The van der Waals surface area contributed by atoms with Crippen LogP contribution in [0.2, 0.25) is 0 Å². The van der Waals surface area contributed by atoms with E-state index in [1.807, 2.05) is 6.07 Å². The first-order valence-electron chi connectivity index (χ1n) is 8.60. The number of ether oxygens (including phenoxy) is 1. The van der Waals surface area contributed by atoms with Crippen LogP contribution in [-0.4, -0.2) is 36.3 Å². The van der Waals surface area contributed by atoms with Crippen LogP contribution in [0.3, 0.4) is 0 Å². The standard InChI is InChI=1S/C20H19N3O3.ClH/c1-25-20(24)15-5-3-14(4-6-15)18-22-19(26-23-18)17-7-2-13-8-10-21-11-9-16(13)12-17;/h2-7,12,21H,8-11H2,1H3;1H. The number of carbonyl (C=O) groups excluding carboxylic acids is 1. The fourth-order valence-electron chi connectivity index (χ4n) is 3.14. The lowest BCUT2D eigenvalue weighted by atomic mass is 10.00. The topological polar surface area (TPSA) is 77.2 Å². The second-order valence-electron chi connectivity index (χ2n) is 6.23. The van der Waals surface area contributed by atoms with Crippen LogP contribution >= 0.6 is 12.4 Å². The van der Waals surface area contributed by atoms with E-state index in [-0.39, 0.29) is 18.4 Å². The van der Waals surface area contributed by atoms with Crippen LogP contribution in [0.25, 0.3) is 22.8 Å². The van der Waals surface area contributed by atoms with Gasteiger partial charge >= 0.3 is 5.97 Å². The van der Waals surface area contributed by atoms with Gasteiger partial charge < -0.3 is 14.6 Å². The Morgan fingerprint density at radius 3 is 2.48 bits per heavy atom. The minimum absolute atomic E-state index is 0. The molecule has 0 amide bonds. The van der Waals surface area contributed by atoms with Gasteiger partial charge in [-0.2, -0.15) is 4.98 Å². The number of hydrogen-bond acceptors (Lipinski definition) is 6. The van der Waals surface area contributed by atoms with Crippen molar-refractivity contribution < 1.29 is 14.1 Å². The fraction of sp³-hybridized carbons (Fsp3) is 0.250. The Hall–Kier alpha value is -2.70. The Morgan fingerprint density at radius 1 is 1.04 bits per heavy atom. The summed E-state index contributed by atoms with van der Waals surface area (Å²) in [5.41, 5.74) is 4.90. The van der Waals surface area contributed by atoms with Crippen LogP contribution in [0.1, 0.15) is 21.5 Å². The molecule has 1 N–H and O–H groups in total. The zero-order valence-corrected chi connectivity index (χ0v) is 15.7. The van der Waals surface area contributed by atoms with E-state index in [1.54, 1.807) is 24.3 Å². The molecule has 1 aromatic heterocycles. The third-order valence-corrected chi connectivity index (χ3v) is 4.59. The van der Waals surface area contributed by atoms with Crippen molar-refractivity contribution in [3.63, 3.8) is 0 Å². The van der Waals surface area contributed by atoms with Gasteiger partial charge in [0, 0.05) is 11.1 Å². The molecule has 6 nitrogen and oxygen atoms in total. The van der Waals surface area contributed by atoms with Gasteiger partial charge in [0.1, 0.15) is 0 Å². The number of nitrogens with zero attached hydrogens (tertiary/aromatic N) is 2. The summed E-state index contributed by atoms with van der Waals surface area (Å²) < 4.78 is 10.2. The van der Waals surface area contributed by atoms with Crippen molar-refractivity contribution >= 4 is 18.4 Å². The third-order valence-electron chi connectivity index (χ3n) is 4.59. The van der Waals surface area contributed by atoms with Crippen molar-refractivity contribution in [1.29, 1.82) is 0 Å². The van der Waals surface area contributed by atoms with Crippen LogP contribution in [0, 0.1) is 0 Å². The zero-order chi connectivity index (χ0) is 17.9. The third kappa shape index (κ3) is 4.02. The summed E-state index contributed by atoms with van der Waals surface area (Å²) in [5.74, 6) is 0.620. The maximum atomic E-state index is 11.5. The van der Waals surface area contributed by atoms with E-state index in [2.05, 4.69) is 27.6 Å². The van der Waals surface area contributed by atoms with Crippen molar-refractivity contribution in [1.82, 2.24) is 15.5 Å². The quantitative estimate of drug-likeness (QED) is 0.697. The van der Waals surface area contributed by atoms with Gasteiger partial charge in [0.2, 0.25) is 5.82 Å². The number of fused-ring (bicyclic) bond motifs is 1. The molecular weight excluding hydrogens is 366 g/mol. The van der Waals surface area contributed by atoms with Gasteiger partial charge in [0.25, 0.3) is 5.89 Å². The molecule has 140 valence electrons. The first-order valence-corrected chi connectivity index (χ1v) is 8.60. The Bertz CT molecular complexity index is 938. The second kappa shape index (κ2) is 8.33. The number of aromatic nitrogens is 2. The molecule has 0 saturated carbocycles. The maximum Gasteiger partial charge on any atom is 0.337 e. The number of hydrogen-bond donors (Lipinski definition) is 1. The highest BCUT2D eigenvalue weighted by atomic mass is 35.5. The van der Waals surface area contributed by atoms with Crippen LogP contribution in [0.5, 0.6) is 0 Å². The van der Waals surface area contributed by atoms with E-state index >= 15 is 0 Å². The van der Waals surface area contributed by atoms with Crippen molar-refractivity contribution in [2.75, 3.05) is 20.2 Å². The second-order valence-corrected chi connectivity index (χ2v) is 6.23. The molecule has 0 atom stereocenters. The maximum absolute atomic E-state index is 11.5. The average Bonchev–Trinajstić information content (AvgIpc) is 3.06. The van der Waals surface area contributed by atoms with Crippen LogP contribution in [0.4, 0.5) is 0 Å². The SMILES string of the molecule is COC(=O)c1ccc(-c2noc(-c3ccc4c(c3)CCNCC4)n2)cc1.Cl. The average molecular weight is 386 g/mol. The number of methoxy groups -OCH3 is 1. The highest BCUT2D eigenvalue weighted by molar-refractivity contribution is 5.89. The van der Waals surface area contributed by atoms with Crippen molar-refractivity contribution in [3.8, 4) is 22.8 Å². The molecule has 2 aromatic carbocycles. The molecule has 27 heavy (non-hydrogen) atoms. The number of halogens is 1. The molecule has 2 heterocycles. The summed E-state index contributed by atoms with van der Waals surface area (Å²) >= 11 is 0. The highest BCUT2D eigenvalue weighted by Gasteiger charge is 2.14. The molecule has 0 fully saturated rings. The van der Waals surface area contributed by atoms with Gasteiger partial charge in [-0.1, -0.05) is 23.4 Å². The molecule has 7 heteroatoms. The zero-order valence-electron chi connectivity index (χ0n) is 14.9. The minimum atomic E-state index is -0.371. The fourth-order valence-corrected chi connectivity index (χ4v) is 3.14. The highest BCUT2D eigenvalue weighted by Crippen LogP contribution is 2.25. The van der Waals surface area contributed by atoms with E-state index in [4.69, 9.17) is 9.26 Å². The van der Waals surface area contributed by atoms with Gasteiger partial charge in [0.15, 0.2) is 0 Å². The van der Waals surface area contributed by atoms with Gasteiger partial charge in [-0.3, -0.25) is 0 Å². The molecule has 0 radical (unpaired) electrons. The minimum Gasteiger partial charge on any atom is -0.465 e. The Labute approximate surface area is 163 Å². The molecular formula is C20H20ClN3O3. The van der Waals surface area contributed by atoms with Gasteiger partial charge in [-0.15, -0.1) is 12.4 Å². The summed E-state index contributed by atoms with van der Waals surface area (Å²) in [6, 6.07) is 13.3. The van der Waals surface area contributed by atoms with Crippen LogP contribution in [-0.2, 0) is 17.6 Å². The smallest absolute Gasteiger partial charge is 0.337 e. The van der Waals surface area contributed by atoms with E-state index < -0.39 is 0 Å². The number of nitrogens with one attached hydrogen (secondary N) is 1. The van der Waals surface area contributed by atoms with Crippen LogP contribution < -0.4 is 5.32 Å². The number of carbonyl (C=O) groups is 1. The molecule has 0 spiro atoms. The van der Waals surface area contributed by atoms with Crippen molar-refractivity contribution in [2.24, 2.45) is 0 Å². The Kier molecular flexibility index (Phi) is 5.88. The summed E-state index contributed by atoms with van der Waals surface area (Å²) in [6.07, 6.45) is 2.04. The lowest BCUT2D eigenvalue weighted by molar-refractivity contribution is 0.0601. The van der Waals surface area contributed by atoms with Gasteiger partial charge in [-0.05, 0) is 61.3 Å². The molecule has 0 saturated heterocycles. The summed E-state index contributed by atoms with van der Waals surface area (Å²) in [5, 5.41) is 7.48. The van der Waals surface area contributed by atoms with E-state index in [1.165, 1.54) is 18.2 Å². The van der Waals surface area contributed by atoms with E-state index in [0.29, 0.717) is 17.3 Å². The lowest BCUT2D eigenvalue weighted by Crippen LogP contribution is -2.16. The largest absolute Gasteiger partial charge is 0.465 e. The summed E-state index contributed by atoms with van der Waals surface area (Å²) in [4.78, 5) is 16.0. The Balaban J connectivity index is 0.00000210. The monoisotopic (exact) mass is 385 g/mol. The van der Waals surface area contributed by atoms with Gasteiger partial charge in [0.05, 0.1) is 12.7 Å². The summed E-state index contributed by atoms with van der Waals surface area (Å²) in [7, 11) is 1.36. The van der Waals surface area contributed by atoms with E-state index in [0.717, 1.165) is 37.1 Å². The number of esters is 1. The van der Waals surface area contributed by atoms with Crippen molar-refractivity contribution in [3.05, 3.63) is 59.2 Å².